The predicted octanol–water partition coefficient (Wildman–Crippen LogP) is 4.17. The van der Waals surface area contributed by atoms with Gasteiger partial charge in [-0.2, -0.15) is 0 Å². The number of hydrogen-bond donors (Lipinski definition) is 2. The molecule has 2 aromatic carbocycles. The Balaban J connectivity index is 1.75. The molecule has 1 spiro atoms. The van der Waals surface area contributed by atoms with Gasteiger partial charge in [-0.3, -0.25) is 9.59 Å². The molecular formula is C26H31FN2O4. The number of amides is 2. The number of fused-ring (bicyclic) bond motifs is 2. The van der Waals surface area contributed by atoms with Crippen molar-refractivity contribution in [1.29, 1.82) is 0 Å². The van der Waals surface area contributed by atoms with Gasteiger partial charge >= 0.3 is 0 Å². The molecule has 2 aromatic rings. The zero-order chi connectivity index (χ0) is 24.0. The van der Waals surface area contributed by atoms with Crippen LogP contribution >= 0.6 is 0 Å². The number of alkyl halides is 1. The maximum absolute atomic E-state index is 15.3. The van der Waals surface area contributed by atoms with Gasteiger partial charge in [0, 0.05) is 36.6 Å². The van der Waals surface area contributed by atoms with E-state index >= 15 is 4.39 Å². The summed E-state index contributed by atoms with van der Waals surface area (Å²) in [6.45, 7) is 6.49. The minimum Gasteiger partial charge on any atom is -0.396 e. The average molecular weight is 455 g/mol. The molecule has 2 heterocycles. The van der Waals surface area contributed by atoms with E-state index in [-0.39, 0.29) is 31.4 Å². The van der Waals surface area contributed by atoms with Gasteiger partial charge in [-0.25, -0.2) is 4.39 Å². The Labute approximate surface area is 193 Å². The van der Waals surface area contributed by atoms with Crippen LogP contribution in [0.25, 0.3) is 0 Å². The highest BCUT2D eigenvalue weighted by molar-refractivity contribution is 6.07. The van der Waals surface area contributed by atoms with E-state index in [1.54, 1.807) is 11.0 Å². The van der Waals surface area contributed by atoms with E-state index in [9.17, 15) is 14.7 Å². The van der Waals surface area contributed by atoms with Gasteiger partial charge in [0.25, 0.3) is 5.91 Å². The highest BCUT2D eigenvalue weighted by Crippen LogP contribution is 2.58. The Morgan fingerprint density at radius 2 is 1.97 bits per heavy atom. The smallest absolute Gasteiger partial charge is 0.264 e. The zero-order valence-electron chi connectivity index (χ0n) is 19.5. The molecule has 2 N–H and O–H groups in total. The van der Waals surface area contributed by atoms with Gasteiger partial charge in [0.1, 0.15) is 5.67 Å². The van der Waals surface area contributed by atoms with Crippen LogP contribution in [0.4, 0.5) is 15.8 Å². The lowest BCUT2D eigenvalue weighted by molar-refractivity contribution is -0.146. The molecule has 2 aliphatic rings. The molecule has 6 nitrogen and oxygen atoms in total. The van der Waals surface area contributed by atoms with Crippen LogP contribution in [-0.4, -0.2) is 35.3 Å². The van der Waals surface area contributed by atoms with Gasteiger partial charge < -0.3 is 20.1 Å². The fourth-order valence-corrected chi connectivity index (χ4v) is 5.69. The number of rotatable bonds is 6. The van der Waals surface area contributed by atoms with Gasteiger partial charge in [0.2, 0.25) is 5.91 Å². The lowest BCUT2D eigenvalue weighted by atomic mass is 9.71. The number of hydrogen-bond acceptors (Lipinski definition) is 4. The lowest BCUT2D eigenvalue weighted by Gasteiger charge is -2.32. The second-order valence-corrected chi connectivity index (χ2v) is 9.57. The van der Waals surface area contributed by atoms with Crippen molar-refractivity contribution < 1.29 is 23.8 Å². The molecule has 0 saturated carbocycles. The molecule has 0 radical (unpaired) electrons. The van der Waals surface area contributed by atoms with E-state index in [0.29, 0.717) is 5.69 Å². The van der Waals surface area contributed by atoms with E-state index in [1.165, 1.54) is 20.8 Å². The number of anilines is 2. The maximum Gasteiger partial charge on any atom is 0.264 e. The van der Waals surface area contributed by atoms with Crippen LogP contribution in [-0.2, 0) is 26.5 Å². The normalized spacial score (nSPS) is 26.7. The molecule has 1 fully saturated rings. The first-order valence-corrected chi connectivity index (χ1v) is 11.3. The third kappa shape index (κ3) is 3.93. The van der Waals surface area contributed by atoms with Crippen LogP contribution in [0.5, 0.6) is 0 Å². The number of carbonyl (C=O) groups is 2. The molecule has 2 amide bonds. The highest BCUT2D eigenvalue weighted by Gasteiger charge is 2.65. The second-order valence-electron chi connectivity index (χ2n) is 9.57. The second kappa shape index (κ2) is 8.54. The quantitative estimate of drug-likeness (QED) is 0.687. The summed E-state index contributed by atoms with van der Waals surface area (Å²) in [5.41, 5.74) is 0.0796. The van der Waals surface area contributed by atoms with Crippen molar-refractivity contribution in [2.75, 3.05) is 16.8 Å². The number of nitrogens with zero attached hydrogens (tertiary/aromatic N) is 1. The van der Waals surface area contributed by atoms with Crippen molar-refractivity contribution in [2.45, 2.75) is 58.0 Å². The number of ether oxygens (including phenoxy) is 1. The summed E-state index contributed by atoms with van der Waals surface area (Å²) in [6, 6.07) is 14.8. The summed E-state index contributed by atoms with van der Waals surface area (Å²) in [4.78, 5) is 27.2. The first-order chi connectivity index (χ1) is 15.6. The monoisotopic (exact) mass is 454 g/mol. The van der Waals surface area contributed by atoms with E-state index in [2.05, 4.69) is 5.32 Å². The standard InChI is InChI=1S/C26H31FN2O4/c1-16-23(25(3,4)27)22(12-13-30)33-26(16)20-10-5-6-11-21(20)29(24(26)32)15-18-8-7-9-19(14-18)28-17(2)31/h5-11,14,16,22-23,30H,12-13,15H2,1-4H3,(H,28,31)/t16-,22+,23-,26+/m1/s1. The summed E-state index contributed by atoms with van der Waals surface area (Å²) < 4.78 is 21.8. The third-order valence-corrected chi connectivity index (χ3v) is 6.87. The number of halogens is 1. The molecule has 7 heteroatoms. The summed E-state index contributed by atoms with van der Waals surface area (Å²) in [5, 5.41) is 12.4. The third-order valence-electron chi connectivity index (χ3n) is 6.87. The van der Waals surface area contributed by atoms with E-state index < -0.39 is 29.2 Å². The van der Waals surface area contributed by atoms with E-state index in [0.717, 1.165) is 16.8 Å². The average Bonchev–Trinajstić information content (AvgIpc) is 3.16. The topological polar surface area (TPSA) is 78.9 Å². The minimum atomic E-state index is -1.59. The fraction of sp³-hybridized carbons (Fsp3) is 0.462. The summed E-state index contributed by atoms with van der Waals surface area (Å²) in [6.07, 6.45) is -0.316. The predicted molar refractivity (Wildman–Crippen MR) is 124 cm³/mol. The van der Waals surface area contributed by atoms with Crippen molar-refractivity contribution in [3.8, 4) is 0 Å². The van der Waals surface area contributed by atoms with Crippen molar-refractivity contribution in [2.24, 2.45) is 11.8 Å². The van der Waals surface area contributed by atoms with Crippen LogP contribution in [0.2, 0.25) is 0 Å². The number of benzene rings is 2. The zero-order valence-corrected chi connectivity index (χ0v) is 19.5. The number of carbonyl (C=O) groups excluding carboxylic acids is 2. The van der Waals surface area contributed by atoms with Crippen LogP contribution in [0.1, 0.15) is 45.2 Å². The molecule has 176 valence electrons. The molecule has 2 aliphatic heterocycles. The number of nitrogens with one attached hydrogen (secondary N) is 1. The Bertz CT molecular complexity index is 1070. The minimum absolute atomic E-state index is 0.143. The number of aliphatic hydroxyl groups is 1. The molecule has 0 aromatic heterocycles. The van der Waals surface area contributed by atoms with Crippen molar-refractivity contribution in [3.05, 3.63) is 59.7 Å². The maximum atomic E-state index is 15.3. The molecule has 33 heavy (non-hydrogen) atoms. The highest BCUT2D eigenvalue weighted by atomic mass is 19.1. The SMILES string of the molecule is CC(=O)Nc1cccc(CN2C(=O)[C@@]3(O[C@@H](CCO)[C@H](C(C)(C)F)[C@H]3C)c3ccccc32)c1. The Hall–Kier alpha value is -2.77. The molecule has 0 bridgehead atoms. The van der Waals surface area contributed by atoms with Crippen molar-refractivity contribution >= 4 is 23.2 Å². The van der Waals surface area contributed by atoms with Gasteiger partial charge in [-0.15, -0.1) is 0 Å². The van der Waals surface area contributed by atoms with Gasteiger partial charge in [0.05, 0.1) is 18.3 Å². The Morgan fingerprint density at radius 1 is 1.24 bits per heavy atom. The Kier molecular flexibility index (Phi) is 6.05. The molecule has 0 unspecified atom stereocenters. The van der Waals surface area contributed by atoms with Crippen LogP contribution in [0.3, 0.4) is 0 Å². The number of para-hydroxylation sites is 1. The first-order valence-electron chi connectivity index (χ1n) is 11.3. The van der Waals surface area contributed by atoms with Gasteiger partial charge in [0.15, 0.2) is 5.60 Å². The molecule has 1 saturated heterocycles. The van der Waals surface area contributed by atoms with Crippen LogP contribution in [0, 0.1) is 11.8 Å². The Morgan fingerprint density at radius 3 is 2.64 bits per heavy atom. The van der Waals surface area contributed by atoms with Crippen LogP contribution in [0.15, 0.2) is 48.5 Å². The van der Waals surface area contributed by atoms with E-state index in [4.69, 9.17) is 4.74 Å². The largest absolute Gasteiger partial charge is 0.396 e. The summed E-state index contributed by atoms with van der Waals surface area (Å²) in [7, 11) is 0. The fourth-order valence-electron chi connectivity index (χ4n) is 5.69. The molecule has 4 rings (SSSR count). The van der Waals surface area contributed by atoms with Gasteiger partial charge in [-0.1, -0.05) is 37.3 Å². The van der Waals surface area contributed by atoms with Crippen LogP contribution < -0.4 is 10.2 Å². The summed E-state index contributed by atoms with van der Waals surface area (Å²) in [5.74, 6) is -1.38. The number of aliphatic hydroxyl groups excluding tert-OH is 1. The lowest BCUT2D eigenvalue weighted by Crippen LogP contribution is -2.45. The van der Waals surface area contributed by atoms with Gasteiger partial charge in [-0.05, 0) is 44.0 Å². The first kappa shape index (κ1) is 23.4. The summed E-state index contributed by atoms with van der Waals surface area (Å²) >= 11 is 0. The van der Waals surface area contributed by atoms with Crippen molar-refractivity contribution in [3.63, 3.8) is 0 Å². The molecule has 0 aliphatic carbocycles. The molecule has 4 atom stereocenters. The van der Waals surface area contributed by atoms with E-state index in [1.807, 2.05) is 49.4 Å². The van der Waals surface area contributed by atoms with Crippen molar-refractivity contribution in [1.82, 2.24) is 0 Å². The molecular weight excluding hydrogens is 423 g/mol.